The molecule has 0 radical (unpaired) electrons. The number of hydrogen-bond acceptors (Lipinski definition) is 6. The monoisotopic (exact) mass is 360 g/mol. The Hall–Kier alpha value is -3.02. The van der Waals surface area contributed by atoms with Gasteiger partial charge in [0.15, 0.2) is 0 Å². The minimum Gasteiger partial charge on any atom is -0.508 e. The van der Waals surface area contributed by atoms with E-state index >= 15 is 0 Å². The number of aromatic hydroxyl groups is 2. The Kier molecular flexibility index (Phi) is 7.19. The topological polar surface area (TPSA) is 93.1 Å². The average molecular weight is 360 g/mol. The number of phenols is 2. The van der Waals surface area contributed by atoms with E-state index in [0.29, 0.717) is 11.1 Å². The number of benzene rings is 2. The van der Waals surface area contributed by atoms with Crippen LogP contribution in [0.3, 0.4) is 0 Å². The normalized spacial score (nSPS) is 9.77. The second kappa shape index (κ2) is 8.89. The quantitative estimate of drug-likeness (QED) is 0.795. The van der Waals surface area contributed by atoms with E-state index in [9.17, 15) is 14.7 Å². The third-order valence-corrected chi connectivity index (χ3v) is 3.76. The SMILES string of the molecule is COC(=O)c1c(C)cc(C)cc1C.COC(=O)c1c(C)cc(O)cc1O. The van der Waals surface area contributed by atoms with Crippen molar-refractivity contribution in [3.8, 4) is 11.5 Å². The lowest BCUT2D eigenvalue weighted by Crippen LogP contribution is -2.06. The van der Waals surface area contributed by atoms with Gasteiger partial charge in [-0.25, -0.2) is 9.59 Å². The van der Waals surface area contributed by atoms with Crippen molar-refractivity contribution in [2.24, 2.45) is 0 Å². The molecule has 2 aromatic rings. The molecule has 0 spiro atoms. The van der Waals surface area contributed by atoms with Crippen LogP contribution < -0.4 is 0 Å². The van der Waals surface area contributed by atoms with E-state index in [1.807, 2.05) is 32.9 Å². The molecule has 0 amide bonds. The van der Waals surface area contributed by atoms with Crippen LogP contribution in [0.5, 0.6) is 11.5 Å². The number of aryl methyl sites for hydroxylation is 4. The number of ether oxygens (including phenoxy) is 2. The van der Waals surface area contributed by atoms with Gasteiger partial charge in [0.05, 0.1) is 19.8 Å². The van der Waals surface area contributed by atoms with E-state index in [0.717, 1.165) is 17.2 Å². The summed E-state index contributed by atoms with van der Waals surface area (Å²) in [6.45, 7) is 7.46. The van der Waals surface area contributed by atoms with Gasteiger partial charge < -0.3 is 19.7 Å². The number of carbonyl (C=O) groups is 2. The van der Waals surface area contributed by atoms with E-state index in [2.05, 4.69) is 4.74 Å². The van der Waals surface area contributed by atoms with Crippen molar-refractivity contribution in [1.29, 1.82) is 0 Å². The first-order valence-corrected chi connectivity index (χ1v) is 7.89. The maximum atomic E-state index is 11.3. The Morgan fingerprint density at radius 1 is 0.731 bits per heavy atom. The van der Waals surface area contributed by atoms with Gasteiger partial charge in [-0.2, -0.15) is 0 Å². The highest BCUT2D eigenvalue weighted by Gasteiger charge is 2.15. The van der Waals surface area contributed by atoms with E-state index in [1.165, 1.54) is 25.8 Å². The van der Waals surface area contributed by atoms with Crippen molar-refractivity contribution < 1.29 is 29.3 Å². The Morgan fingerprint density at radius 3 is 1.58 bits per heavy atom. The zero-order valence-corrected chi connectivity index (χ0v) is 15.8. The Labute approximate surface area is 153 Å². The predicted octanol–water partition coefficient (Wildman–Crippen LogP) is 3.59. The van der Waals surface area contributed by atoms with Crippen molar-refractivity contribution in [2.75, 3.05) is 14.2 Å². The lowest BCUT2D eigenvalue weighted by molar-refractivity contribution is 0.0588. The van der Waals surface area contributed by atoms with Crippen molar-refractivity contribution >= 4 is 11.9 Å². The molecule has 0 atom stereocenters. The van der Waals surface area contributed by atoms with Crippen LogP contribution in [0.1, 0.15) is 43.0 Å². The summed E-state index contributed by atoms with van der Waals surface area (Å²) in [7, 11) is 2.63. The lowest BCUT2D eigenvalue weighted by atomic mass is 10.0. The fraction of sp³-hybridized carbons (Fsp3) is 0.300. The number of esters is 2. The average Bonchev–Trinajstić information content (AvgIpc) is 2.53. The summed E-state index contributed by atoms with van der Waals surface area (Å²) in [5.74, 6) is -1.22. The molecule has 6 nitrogen and oxygen atoms in total. The van der Waals surface area contributed by atoms with Crippen LogP contribution in [-0.4, -0.2) is 36.4 Å². The molecule has 0 unspecified atom stereocenters. The third kappa shape index (κ3) is 4.99. The molecule has 0 aromatic heterocycles. The van der Waals surface area contributed by atoms with Gasteiger partial charge in [-0.3, -0.25) is 0 Å². The minimum atomic E-state index is -0.616. The highest BCUT2D eigenvalue weighted by atomic mass is 16.5. The van der Waals surface area contributed by atoms with Gasteiger partial charge in [0.1, 0.15) is 17.1 Å². The van der Waals surface area contributed by atoms with E-state index < -0.39 is 5.97 Å². The number of carbonyl (C=O) groups excluding carboxylic acids is 2. The predicted molar refractivity (Wildman–Crippen MR) is 97.8 cm³/mol. The third-order valence-electron chi connectivity index (χ3n) is 3.76. The molecule has 0 saturated heterocycles. The van der Waals surface area contributed by atoms with E-state index in [1.54, 1.807) is 6.92 Å². The molecule has 2 rings (SSSR count). The highest BCUT2D eigenvalue weighted by molar-refractivity contribution is 5.94. The van der Waals surface area contributed by atoms with Gasteiger partial charge in [-0.1, -0.05) is 17.7 Å². The Morgan fingerprint density at radius 2 is 1.15 bits per heavy atom. The van der Waals surface area contributed by atoms with Gasteiger partial charge in [0.25, 0.3) is 0 Å². The second-order valence-corrected chi connectivity index (χ2v) is 5.91. The summed E-state index contributed by atoms with van der Waals surface area (Å²) in [4.78, 5) is 22.4. The van der Waals surface area contributed by atoms with Crippen molar-refractivity contribution in [3.05, 3.63) is 57.6 Å². The van der Waals surface area contributed by atoms with Crippen LogP contribution in [-0.2, 0) is 9.47 Å². The summed E-state index contributed by atoms with van der Waals surface area (Å²) < 4.78 is 9.16. The number of hydrogen-bond donors (Lipinski definition) is 2. The number of phenolic OH excluding ortho intramolecular Hbond substituents is 2. The molecule has 0 heterocycles. The maximum Gasteiger partial charge on any atom is 0.341 e. The molecule has 0 aliphatic rings. The van der Waals surface area contributed by atoms with Crippen molar-refractivity contribution in [2.45, 2.75) is 27.7 Å². The Balaban J connectivity index is 0.000000260. The van der Waals surface area contributed by atoms with Gasteiger partial charge in [-0.05, 0) is 50.5 Å². The molecular formula is C20H24O6. The zero-order valence-electron chi connectivity index (χ0n) is 15.8. The molecule has 0 fully saturated rings. The first-order valence-electron chi connectivity index (χ1n) is 7.89. The molecule has 0 aliphatic heterocycles. The molecule has 0 saturated carbocycles. The van der Waals surface area contributed by atoms with Crippen LogP contribution in [0.25, 0.3) is 0 Å². The summed E-state index contributed by atoms with van der Waals surface area (Å²) in [6.07, 6.45) is 0. The molecule has 26 heavy (non-hydrogen) atoms. The van der Waals surface area contributed by atoms with Crippen LogP contribution in [0.4, 0.5) is 0 Å². The summed E-state index contributed by atoms with van der Waals surface area (Å²) in [5, 5.41) is 18.4. The number of rotatable bonds is 2. The van der Waals surface area contributed by atoms with Gasteiger partial charge in [0, 0.05) is 6.07 Å². The lowest BCUT2D eigenvalue weighted by Gasteiger charge is -2.08. The molecule has 2 aromatic carbocycles. The van der Waals surface area contributed by atoms with Crippen molar-refractivity contribution in [1.82, 2.24) is 0 Å². The van der Waals surface area contributed by atoms with E-state index in [4.69, 9.17) is 9.84 Å². The highest BCUT2D eigenvalue weighted by Crippen LogP contribution is 2.27. The number of methoxy groups -OCH3 is 2. The van der Waals surface area contributed by atoms with Gasteiger partial charge in [0.2, 0.25) is 0 Å². The molecule has 0 aliphatic carbocycles. The second-order valence-electron chi connectivity index (χ2n) is 5.91. The van der Waals surface area contributed by atoms with Crippen LogP contribution in [0.15, 0.2) is 24.3 Å². The van der Waals surface area contributed by atoms with Crippen LogP contribution in [0, 0.1) is 27.7 Å². The van der Waals surface area contributed by atoms with Crippen LogP contribution in [0.2, 0.25) is 0 Å². The summed E-state index contributed by atoms with van der Waals surface area (Å²) in [6, 6.07) is 6.45. The fourth-order valence-electron chi connectivity index (χ4n) is 2.72. The maximum absolute atomic E-state index is 11.3. The fourth-order valence-corrected chi connectivity index (χ4v) is 2.72. The molecule has 140 valence electrons. The molecular weight excluding hydrogens is 336 g/mol. The largest absolute Gasteiger partial charge is 0.508 e. The molecule has 0 bridgehead atoms. The van der Waals surface area contributed by atoms with Gasteiger partial charge >= 0.3 is 11.9 Å². The Bertz CT molecular complexity index is 708. The zero-order chi connectivity index (χ0) is 20.0. The van der Waals surface area contributed by atoms with Gasteiger partial charge in [-0.15, -0.1) is 0 Å². The molecule has 2 N–H and O–H groups in total. The standard InChI is InChI=1S/C11H14O2.C9H10O4/c1-7-5-8(2)10(9(3)6-7)11(12)13-4;1-5-3-6(10)4-7(11)8(5)9(12)13-2/h5-6H,1-4H3;3-4,10-11H,1-2H3. The van der Waals surface area contributed by atoms with E-state index in [-0.39, 0.29) is 23.0 Å². The minimum absolute atomic E-state index is 0.0809. The first-order chi connectivity index (χ1) is 12.1. The summed E-state index contributed by atoms with van der Waals surface area (Å²) >= 11 is 0. The summed E-state index contributed by atoms with van der Waals surface area (Å²) in [5.41, 5.74) is 4.37. The first kappa shape index (κ1) is 21.0. The van der Waals surface area contributed by atoms with Crippen molar-refractivity contribution in [3.63, 3.8) is 0 Å². The molecule has 6 heteroatoms. The van der Waals surface area contributed by atoms with Crippen LogP contribution >= 0.6 is 0 Å². The smallest absolute Gasteiger partial charge is 0.341 e.